The number of pyridine rings is 1. The van der Waals surface area contributed by atoms with Gasteiger partial charge in [-0.3, -0.25) is 14.2 Å². The first-order valence-corrected chi connectivity index (χ1v) is 10.1. The highest BCUT2D eigenvalue weighted by Crippen LogP contribution is 2.61. The number of hydrogen-bond donors (Lipinski definition) is 1. The van der Waals surface area contributed by atoms with Crippen molar-refractivity contribution in [2.24, 2.45) is 23.2 Å². The molecule has 6 rings (SSSR count). The van der Waals surface area contributed by atoms with Crippen molar-refractivity contribution >= 4 is 16.9 Å². The van der Waals surface area contributed by atoms with E-state index in [4.69, 9.17) is 0 Å². The van der Waals surface area contributed by atoms with Crippen molar-refractivity contribution in [1.29, 1.82) is 0 Å². The van der Waals surface area contributed by atoms with Crippen LogP contribution in [0.25, 0.3) is 11.0 Å². The zero-order chi connectivity index (χ0) is 18.6. The second-order valence-corrected chi connectivity index (χ2v) is 9.12. The van der Waals surface area contributed by atoms with Crippen molar-refractivity contribution in [3.8, 4) is 0 Å². The number of rotatable bonds is 4. The van der Waals surface area contributed by atoms with E-state index in [1.54, 1.807) is 18.3 Å². The molecule has 142 valence electrons. The maximum Gasteiger partial charge on any atom is 0.263 e. The number of carbonyl (C=O) groups excluding carboxylic acids is 1. The van der Waals surface area contributed by atoms with Crippen LogP contribution in [0, 0.1) is 23.2 Å². The Hall–Kier alpha value is -2.24. The predicted molar refractivity (Wildman–Crippen MR) is 102 cm³/mol. The summed E-state index contributed by atoms with van der Waals surface area (Å²) in [7, 11) is 0. The summed E-state index contributed by atoms with van der Waals surface area (Å²) in [6, 6.07) is 3.57. The molecule has 1 amide bonds. The highest BCUT2D eigenvalue weighted by atomic mass is 16.2. The molecular formula is C21H26N4O2. The van der Waals surface area contributed by atoms with Gasteiger partial charge in [-0.25, -0.2) is 9.97 Å². The quantitative estimate of drug-likeness (QED) is 0.902. The molecule has 4 fully saturated rings. The summed E-state index contributed by atoms with van der Waals surface area (Å²) in [6.45, 7) is 2.17. The van der Waals surface area contributed by atoms with E-state index in [-0.39, 0.29) is 29.5 Å². The van der Waals surface area contributed by atoms with E-state index >= 15 is 0 Å². The van der Waals surface area contributed by atoms with E-state index in [2.05, 4.69) is 22.2 Å². The molecule has 0 aliphatic heterocycles. The van der Waals surface area contributed by atoms with Crippen LogP contribution in [0.1, 0.15) is 45.4 Å². The van der Waals surface area contributed by atoms with E-state index in [9.17, 15) is 9.59 Å². The van der Waals surface area contributed by atoms with Crippen molar-refractivity contribution in [1.82, 2.24) is 19.9 Å². The van der Waals surface area contributed by atoms with Crippen LogP contribution in [0.3, 0.4) is 0 Å². The van der Waals surface area contributed by atoms with E-state index in [0.717, 1.165) is 17.8 Å². The lowest BCUT2D eigenvalue weighted by Gasteiger charge is -2.59. The first-order chi connectivity index (χ1) is 13.0. The molecule has 27 heavy (non-hydrogen) atoms. The van der Waals surface area contributed by atoms with Gasteiger partial charge in [0.15, 0.2) is 5.65 Å². The van der Waals surface area contributed by atoms with Crippen LogP contribution in [0.5, 0.6) is 0 Å². The molecule has 2 aromatic rings. The van der Waals surface area contributed by atoms with Crippen molar-refractivity contribution < 1.29 is 4.79 Å². The summed E-state index contributed by atoms with van der Waals surface area (Å²) in [5, 5.41) is 3.66. The Morgan fingerprint density at radius 3 is 2.56 bits per heavy atom. The van der Waals surface area contributed by atoms with Gasteiger partial charge in [0.1, 0.15) is 12.9 Å². The summed E-state index contributed by atoms with van der Waals surface area (Å²) >= 11 is 0. The van der Waals surface area contributed by atoms with Crippen molar-refractivity contribution in [3.63, 3.8) is 0 Å². The number of carbonyl (C=O) groups is 1. The van der Waals surface area contributed by atoms with Gasteiger partial charge >= 0.3 is 0 Å². The van der Waals surface area contributed by atoms with Gasteiger partial charge in [-0.05, 0) is 80.8 Å². The third kappa shape index (κ3) is 2.86. The highest BCUT2D eigenvalue weighted by molar-refractivity contribution is 5.77. The summed E-state index contributed by atoms with van der Waals surface area (Å²) in [6.07, 6.45) is 11.0. The molecule has 0 aromatic carbocycles. The van der Waals surface area contributed by atoms with Gasteiger partial charge in [0.05, 0.1) is 5.39 Å². The zero-order valence-electron chi connectivity index (χ0n) is 15.7. The van der Waals surface area contributed by atoms with Crippen LogP contribution in [0.2, 0.25) is 0 Å². The zero-order valence-corrected chi connectivity index (χ0v) is 15.7. The number of aromatic nitrogens is 3. The fourth-order valence-corrected chi connectivity index (χ4v) is 6.41. The summed E-state index contributed by atoms with van der Waals surface area (Å²) < 4.78 is 1.38. The molecule has 1 atom stereocenters. The molecule has 4 saturated carbocycles. The third-order valence-corrected chi connectivity index (χ3v) is 7.29. The van der Waals surface area contributed by atoms with Crippen molar-refractivity contribution in [2.45, 2.75) is 58.0 Å². The SMILES string of the molecule is CC(NC(=O)Cn1cnc2ncccc2c1=O)C12CC3CC(CC(C3)C1)C2. The fourth-order valence-electron chi connectivity index (χ4n) is 6.41. The Balaban J connectivity index is 1.31. The Bertz CT molecular complexity index is 915. The van der Waals surface area contributed by atoms with Crippen molar-refractivity contribution in [3.05, 3.63) is 35.0 Å². The second-order valence-electron chi connectivity index (χ2n) is 9.12. The molecule has 1 unspecified atom stereocenters. The van der Waals surface area contributed by atoms with Crippen LogP contribution >= 0.6 is 0 Å². The minimum absolute atomic E-state index is 0.00731. The third-order valence-electron chi connectivity index (χ3n) is 7.29. The van der Waals surface area contributed by atoms with Crippen LogP contribution in [-0.2, 0) is 11.3 Å². The van der Waals surface area contributed by atoms with Gasteiger partial charge in [0.2, 0.25) is 5.91 Å². The van der Waals surface area contributed by atoms with Crippen LogP contribution in [0.4, 0.5) is 0 Å². The van der Waals surface area contributed by atoms with Gasteiger partial charge < -0.3 is 5.32 Å². The van der Waals surface area contributed by atoms with E-state index in [1.165, 1.54) is 49.4 Å². The maximum atomic E-state index is 12.7. The topological polar surface area (TPSA) is 76.9 Å². The van der Waals surface area contributed by atoms with Gasteiger partial charge in [0.25, 0.3) is 5.56 Å². The van der Waals surface area contributed by atoms with E-state index in [1.807, 2.05) is 0 Å². The van der Waals surface area contributed by atoms with Gasteiger partial charge in [0, 0.05) is 12.2 Å². The van der Waals surface area contributed by atoms with E-state index < -0.39 is 0 Å². The van der Waals surface area contributed by atoms with Crippen molar-refractivity contribution in [2.75, 3.05) is 0 Å². The number of nitrogens with one attached hydrogen (secondary N) is 1. The molecule has 4 aliphatic rings. The number of fused-ring (bicyclic) bond motifs is 1. The van der Waals surface area contributed by atoms with Gasteiger partial charge in [-0.2, -0.15) is 0 Å². The Morgan fingerprint density at radius 2 is 1.89 bits per heavy atom. The molecule has 6 nitrogen and oxygen atoms in total. The number of nitrogens with zero attached hydrogens (tertiary/aromatic N) is 3. The predicted octanol–water partition coefficient (Wildman–Crippen LogP) is 2.51. The molecule has 4 aliphatic carbocycles. The van der Waals surface area contributed by atoms with Gasteiger partial charge in [-0.1, -0.05) is 0 Å². The average molecular weight is 366 g/mol. The molecule has 0 radical (unpaired) electrons. The summed E-state index contributed by atoms with van der Waals surface area (Å²) in [5.41, 5.74) is 0.466. The van der Waals surface area contributed by atoms with E-state index in [0.29, 0.717) is 11.0 Å². The maximum absolute atomic E-state index is 12.7. The van der Waals surface area contributed by atoms with Crippen LogP contribution in [-0.4, -0.2) is 26.5 Å². The smallest absolute Gasteiger partial charge is 0.263 e. The summed E-state index contributed by atoms with van der Waals surface area (Å²) in [5.74, 6) is 2.46. The molecule has 6 heteroatoms. The monoisotopic (exact) mass is 366 g/mol. The lowest BCUT2D eigenvalue weighted by Crippen LogP contribution is -2.56. The first-order valence-electron chi connectivity index (χ1n) is 10.1. The summed E-state index contributed by atoms with van der Waals surface area (Å²) in [4.78, 5) is 33.6. The van der Waals surface area contributed by atoms with Crippen LogP contribution in [0.15, 0.2) is 29.5 Å². The number of hydrogen-bond acceptors (Lipinski definition) is 4. The molecule has 2 aromatic heterocycles. The standard InChI is InChI=1S/C21H26N4O2/c1-13(21-8-14-5-15(9-21)7-16(6-14)10-21)24-18(26)11-25-12-23-19-17(20(25)27)3-2-4-22-19/h2-4,12-16H,5-11H2,1H3,(H,24,26). The normalized spacial score (nSPS) is 32.6. The van der Waals surface area contributed by atoms with Crippen LogP contribution < -0.4 is 10.9 Å². The lowest BCUT2D eigenvalue weighted by molar-refractivity contribution is -0.126. The Morgan fingerprint density at radius 1 is 1.22 bits per heavy atom. The largest absolute Gasteiger partial charge is 0.352 e. The average Bonchev–Trinajstić information content (AvgIpc) is 2.63. The Labute approximate surface area is 158 Å². The molecule has 4 bridgehead atoms. The second kappa shape index (κ2) is 6.14. The molecule has 0 saturated heterocycles. The minimum atomic E-state index is -0.217. The molecular weight excluding hydrogens is 340 g/mol. The van der Waals surface area contributed by atoms with Gasteiger partial charge in [-0.15, -0.1) is 0 Å². The fraction of sp³-hybridized carbons (Fsp3) is 0.619. The first kappa shape index (κ1) is 16.9. The molecule has 0 spiro atoms. The number of amides is 1. The highest BCUT2D eigenvalue weighted by Gasteiger charge is 2.53. The Kier molecular flexibility index (Phi) is 3.85. The minimum Gasteiger partial charge on any atom is -0.352 e. The molecule has 1 N–H and O–H groups in total. The molecule has 2 heterocycles. The lowest BCUT2D eigenvalue weighted by atomic mass is 9.48.